The Morgan fingerprint density at radius 3 is 2.72 bits per heavy atom. The minimum Gasteiger partial charge on any atom is -0.365 e. The van der Waals surface area contributed by atoms with Crippen molar-refractivity contribution in [2.24, 2.45) is 11.7 Å². The summed E-state index contributed by atoms with van der Waals surface area (Å²) in [4.78, 5) is 25.6. The molecule has 0 unspecified atom stereocenters. The molecule has 0 fully saturated rings. The lowest BCUT2D eigenvalue weighted by Gasteiger charge is -2.21. The molecule has 0 bridgehead atoms. The summed E-state index contributed by atoms with van der Waals surface area (Å²) in [6.45, 7) is 2.20. The van der Waals surface area contributed by atoms with E-state index in [4.69, 9.17) is 5.73 Å². The summed E-state index contributed by atoms with van der Waals surface area (Å²) < 4.78 is 0. The van der Waals surface area contributed by atoms with Gasteiger partial charge in [0.1, 0.15) is 5.00 Å². The van der Waals surface area contributed by atoms with Gasteiger partial charge in [0, 0.05) is 4.88 Å². The van der Waals surface area contributed by atoms with Gasteiger partial charge >= 0.3 is 0 Å². The van der Waals surface area contributed by atoms with Crippen LogP contribution in [0.4, 0.5) is 5.00 Å². The lowest BCUT2D eigenvalue weighted by atomic mass is 9.84. The second kappa shape index (κ2) is 7.83. The average molecular weight is 356 g/mol. The van der Waals surface area contributed by atoms with Crippen molar-refractivity contribution in [2.75, 3.05) is 5.32 Å². The van der Waals surface area contributed by atoms with Gasteiger partial charge in [0.15, 0.2) is 0 Å². The molecule has 0 spiro atoms. The predicted molar refractivity (Wildman–Crippen MR) is 102 cm³/mol. The van der Waals surface area contributed by atoms with Crippen molar-refractivity contribution >= 4 is 28.2 Å². The Hall–Kier alpha value is -2.14. The number of fused-ring (bicyclic) bond motifs is 1. The normalized spacial score (nSPS) is 16.3. The van der Waals surface area contributed by atoms with Gasteiger partial charge in [0.25, 0.3) is 5.91 Å². The largest absolute Gasteiger partial charge is 0.365 e. The van der Waals surface area contributed by atoms with Crippen LogP contribution in [0.1, 0.15) is 52.5 Å². The number of carbonyl (C=O) groups excluding carboxylic acids is 2. The molecule has 1 atom stereocenters. The van der Waals surface area contributed by atoms with Crippen LogP contribution in [0.5, 0.6) is 0 Å². The Bertz CT molecular complexity index is 768. The summed E-state index contributed by atoms with van der Waals surface area (Å²) in [6.07, 6.45) is 5.63. The van der Waals surface area contributed by atoms with Crippen LogP contribution in [0.3, 0.4) is 0 Å². The summed E-state index contributed by atoms with van der Waals surface area (Å²) in [5.74, 6) is 0.114. The van der Waals surface area contributed by atoms with Gasteiger partial charge < -0.3 is 11.1 Å². The van der Waals surface area contributed by atoms with Gasteiger partial charge in [-0.3, -0.25) is 9.59 Å². The van der Waals surface area contributed by atoms with Crippen molar-refractivity contribution in [3.05, 3.63) is 51.9 Å². The molecule has 0 radical (unpaired) electrons. The molecule has 132 valence electrons. The third-order valence-corrected chi connectivity index (χ3v) is 5.94. The Morgan fingerprint density at radius 2 is 2.04 bits per heavy atom. The number of benzene rings is 1. The molecule has 25 heavy (non-hydrogen) atoms. The predicted octanol–water partition coefficient (Wildman–Crippen LogP) is 3.93. The molecule has 0 saturated heterocycles. The molecule has 1 aromatic carbocycles. The summed E-state index contributed by atoms with van der Waals surface area (Å²) in [5, 5.41) is 3.54. The maximum Gasteiger partial charge on any atom is 0.251 e. The van der Waals surface area contributed by atoms with Crippen molar-refractivity contribution in [1.29, 1.82) is 0 Å². The second-order valence-electron chi connectivity index (χ2n) is 6.68. The monoisotopic (exact) mass is 356 g/mol. The summed E-state index contributed by atoms with van der Waals surface area (Å²) >= 11 is 1.53. The number of thiophene rings is 1. The number of anilines is 1. The topological polar surface area (TPSA) is 72.2 Å². The average Bonchev–Trinajstić information content (AvgIpc) is 2.93. The highest BCUT2D eigenvalue weighted by atomic mass is 32.1. The zero-order chi connectivity index (χ0) is 17.8. The number of hydrogen-bond donors (Lipinski definition) is 2. The van der Waals surface area contributed by atoms with Gasteiger partial charge in [-0.05, 0) is 36.3 Å². The third-order valence-electron chi connectivity index (χ3n) is 4.77. The van der Waals surface area contributed by atoms with E-state index in [1.165, 1.54) is 29.1 Å². The Morgan fingerprint density at radius 1 is 1.28 bits per heavy atom. The van der Waals surface area contributed by atoms with Crippen LogP contribution in [0.2, 0.25) is 0 Å². The van der Waals surface area contributed by atoms with Gasteiger partial charge in [-0.15, -0.1) is 11.3 Å². The number of primary amides is 1. The van der Waals surface area contributed by atoms with E-state index in [0.717, 1.165) is 30.4 Å². The first-order valence-electron chi connectivity index (χ1n) is 8.86. The first-order chi connectivity index (χ1) is 12.1. The molecule has 1 aliphatic rings. The van der Waals surface area contributed by atoms with Crippen LogP contribution in [0.25, 0.3) is 0 Å². The molecule has 3 N–H and O–H groups in total. The summed E-state index contributed by atoms with van der Waals surface area (Å²) in [5.41, 5.74) is 8.15. The zero-order valence-corrected chi connectivity index (χ0v) is 15.3. The lowest BCUT2D eigenvalue weighted by Crippen LogP contribution is -2.20. The Balaban J connectivity index is 1.79. The smallest absolute Gasteiger partial charge is 0.251 e. The molecule has 4 nitrogen and oxygen atoms in total. The van der Waals surface area contributed by atoms with E-state index in [-0.39, 0.29) is 5.91 Å². The van der Waals surface area contributed by atoms with Crippen molar-refractivity contribution in [1.82, 2.24) is 0 Å². The van der Waals surface area contributed by atoms with Crippen molar-refractivity contribution in [3.63, 3.8) is 0 Å². The first kappa shape index (κ1) is 17.7. The molecular weight excluding hydrogens is 332 g/mol. The minimum atomic E-state index is -0.443. The van der Waals surface area contributed by atoms with Crippen LogP contribution in [-0.2, 0) is 24.1 Å². The highest BCUT2D eigenvalue weighted by molar-refractivity contribution is 7.17. The van der Waals surface area contributed by atoms with Crippen LogP contribution < -0.4 is 11.1 Å². The fourth-order valence-corrected chi connectivity index (χ4v) is 4.99. The Kier molecular flexibility index (Phi) is 5.53. The van der Waals surface area contributed by atoms with Crippen LogP contribution in [-0.4, -0.2) is 11.8 Å². The molecule has 1 aromatic heterocycles. The van der Waals surface area contributed by atoms with E-state index in [1.54, 1.807) is 0 Å². The van der Waals surface area contributed by atoms with Gasteiger partial charge in [-0.25, -0.2) is 0 Å². The van der Waals surface area contributed by atoms with Gasteiger partial charge in [-0.1, -0.05) is 50.1 Å². The molecule has 3 rings (SSSR count). The second-order valence-corrected chi connectivity index (χ2v) is 7.79. The zero-order valence-electron chi connectivity index (χ0n) is 14.5. The quantitative estimate of drug-likeness (QED) is 0.823. The molecule has 2 amide bonds. The molecule has 2 aromatic rings. The minimum absolute atomic E-state index is 0.114. The van der Waals surface area contributed by atoms with Crippen molar-refractivity contribution in [2.45, 2.75) is 45.4 Å². The van der Waals surface area contributed by atoms with Crippen LogP contribution in [0, 0.1) is 5.92 Å². The number of amides is 2. The summed E-state index contributed by atoms with van der Waals surface area (Å²) in [6, 6.07) is 9.59. The number of carbonyl (C=O) groups is 2. The highest BCUT2D eigenvalue weighted by Crippen LogP contribution is 2.40. The van der Waals surface area contributed by atoms with Gasteiger partial charge in [0.05, 0.1) is 12.0 Å². The molecular formula is C20H24N2O2S. The van der Waals surface area contributed by atoms with Gasteiger partial charge in [0.2, 0.25) is 5.91 Å². The molecule has 0 saturated carbocycles. The molecule has 0 aliphatic heterocycles. The number of nitrogens with one attached hydrogen (secondary N) is 1. The van der Waals surface area contributed by atoms with E-state index in [9.17, 15) is 9.59 Å². The Labute approximate surface area is 152 Å². The maximum absolute atomic E-state index is 12.4. The van der Waals surface area contributed by atoms with Crippen molar-refractivity contribution < 1.29 is 9.59 Å². The van der Waals surface area contributed by atoms with Crippen molar-refractivity contribution in [3.8, 4) is 0 Å². The van der Waals surface area contributed by atoms with E-state index in [0.29, 0.717) is 22.9 Å². The van der Waals surface area contributed by atoms with E-state index < -0.39 is 5.91 Å². The molecule has 5 heteroatoms. The lowest BCUT2D eigenvalue weighted by molar-refractivity contribution is -0.115. The molecule has 1 aliphatic carbocycles. The fraction of sp³-hybridized carbons (Fsp3) is 0.400. The van der Waals surface area contributed by atoms with E-state index in [1.807, 2.05) is 30.3 Å². The SMILES string of the molecule is CCC[C@H]1CCc2c(sc(NC(=O)Cc3ccccc3)c2C(N)=O)C1. The number of nitrogens with two attached hydrogens (primary N) is 1. The van der Waals surface area contributed by atoms with Crippen LogP contribution in [0.15, 0.2) is 30.3 Å². The summed E-state index contributed by atoms with van der Waals surface area (Å²) in [7, 11) is 0. The van der Waals surface area contributed by atoms with Crippen LogP contribution >= 0.6 is 11.3 Å². The van der Waals surface area contributed by atoms with E-state index >= 15 is 0 Å². The first-order valence-corrected chi connectivity index (χ1v) is 9.68. The number of hydrogen-bond acceptors (Lipinski definition) is 3. The highest BCUT2D eigenvalue weighted by Gasteiger charge is 2.28. The van der Waals surface area contributed by atoms with E-state index in [2.05, 4.69) is 12.2 Å². The van der Waals surface area contributed by atoms with Gasteiger partial charge in [-0.2, -0.15) is 0 Å². The fourth-order valence-electron chi connectivity index (χ4n) is 3.61. The maximum atomic E-state index is 12.4. The third kappa shape index (κ3) is 4.10. The molecule has 1 heterocycles. The standard InChI is InChI=1S/C20H24N2O2S/c1-2-6-13-9-10-15-16(11-13)25-20(18(15)19(21)24)22-17(23)12-14-7-4-3-5-8-14/h3-5,7-8,13H,2,6,9-12H2,1H3,(H2,21,24)(H,22,23)/t13-/m0/s1. The number of rotatable bonds is 6.